The third-order valence-corrected chi connectivity index (χ3v) is 1.91. The SMILES string of the molecule is CCNC(=O)ON(C(=O)NCC)S(N)(=O)=O. The van der Waals surface area contributed by atoms with E-state index in [-0.39, 0.29) is 17.6 Å². The van der Waals surface area contributed by atoms with E-state index >= 15 is 0 Å². The molecule has 0 aliphatic rings. The fourth-order valence-electron chi connectivity index (χ4n) is 0.677. The molecular formula is C6H14N4O5S. The minimum atomic E-state index is -4.46. The molecule has 4 N–H and O–H groups in total. The van der Waals surface area contributed by atoms with Crippen LogP contribution in [-0.4, -0.2) is 38.1 Å². The van der Waals surface area contributed by atoms with E-state index in [1.54, 1.807) is 13.8 Å². The molecule has 0 bridgehead atoms. The monoisotopic (exact) mass is 254 g/mol. The minimum Gasteiger partial charge on any atom is -0.335 e. The average molecular weight is 254 g/mol. The number of rotatable bonds is 3. The van der Waals surface area contributed by atoms with Crippen LogP contribution in [-0.2, 0) is 15.0 Å². The van der Waals surface area contributed by atoms with Crippen LogP contribution in [0.25, 0.3) is 0 Å². The summed E-state index contributed by atoms with van der Waals surface area (Å²) in [6, 6.07) is -1.14. The van der Waals surface area contributed by atoms with Gasteiger partial charge in [0.05, 0.1) is 0 Å². The van der Waals surface area contributed by atoms with Crippen molar-refractivity contribution >= 4 is 22.3 Å². The number of hydroxylamine groups is 1. The number of urea groups is 1. The van der Waals surface area contributed by atoms with Crippen LogP contribution >= 0.6 is 0 Å². The number of nitrogens with zero attached hydrogens (tertiary/aromatic N) is 1. The Balaban J connectivity index is 4.71. The minimum absolute atomic E-state index is 0.156. The van der Waals surface area contributed by atoms with E-state index < -0.39 is 22.3 Å². The van der Waals surface area contributed by atoms with Crippen molar-refractivity contribution in [2.45, 2.75) is 13.8 Å². The summed E-state index contributed by atoms with van der Waals surface area (Å²) in [6.45, 7) is 3.52. The molecule has 0 spiro atoms. The number of carbonyl (C=O) groups excluding carboxylic acids is 2. The molecule has 0 fully saturated rings. The van der Waals surface area contributed by atoms with Gasteiger partial charge >= 0.3 is 22.3 Å². The van der Waals surface area contributed by atoms with E-state index in [1.807, 2.05) is 0 Å². The highest BCUT2D eigenvalue weighted by Crippen LogP contribution is 1.97. The number of carbonyl (C=O) groups is 2. The predicted octanol–water partition coefficient (Wildman–Crippen LogP) is -1.12. The molecule has 0 unspecified atom stereocenters. The average Bonchev–Trinajstić information content (AvgIpc) is 2.13. The van der Waals surface area contributed by atoms with Gasteiger partial charge in [-0.1, -0.05) is 0 Å². The molecule has 0 saturated carbocycles. The molecule has 16 heavy (non-hydrogen) atoms. The highest BCUT2D eigenvalue weighted by atomic mass is 32.2. The first kappa shape index (κ1) is 14.5. The molecule has 0 heterocycles. The molecular weight excluding hydrogens is 240 g/mol. The molecule has 0 aromatic carbocycles. The largest absolute Gasteiger partial charge is 0.432 e. The van der Waals surface area contributed by atoms with Crippen molar-refractivity contribution in [1.29, 1.82) is 0 Å². The summed E-state index contributed by atoms with van der Waals surface area (Å²) in [5.41, 5.74) is 0. The lowest BCUT2D eigenvalue weighted by atomic mass is 10.7. The quantitative estimate of drug-likeness (QED) is 0.549. The Hall–Kier alpha value is -1.55. The normalized spacial score (nSPS) is 10.4. The van der Waals surface area contributed by atoms with E-state index in [9.17, 15) is 18.0 Å². The topological polar surface area (TPSA) is 131 Å². The van der Waals surface area contributed by atoms with Crippen LogP contribution in [0, 0.1) is 0 Å². The number of hydrogen-bond donors (Lipinski definition) is 3. The van der Waals surface area contributed by atoms with Crippen molar-refractivity contribution in [3.05, 3.63) is 0 Å². The lowest BCUT2D eigenvalue weighted by Gasteiger charge is -2.17. The maximum absolute atomic E-state index is 11.2. The molecule has 0 atom stereocenters. The van der Waals surface area contributed by atoms with Gasteiger partial charge < -0.3 is 15.5 Å². The van der Waals surface area contributed by atoms with Crippen LogP contribution in [0.2, 0.25) is 0 Å². The lowest BCUT2D eigenvalue weighted by Crippen LogP contribution is -2.49. The van der Waals surface area contributed by atoms with E-state index in [4.69, 9.17) is 0 Å². The summed E-state index contributed by atoms with van der Waals surface area (Å²) in [5.74, 6) is 0. The zero-order chi connectivity index (χ0) is 12.8. The molecule has 0 aromatic rings. The van der Waals surface area contributed by atoms with Gasteiger partial charge in [0.2, 0.25) is 0 Å². The molecule has 10 heteroatoms. The number of nitrogens with one attached hydrogen (secondary N) is 2. The van der Waals surface area contributed by atoms with Crippen LogP contribution in [0.15, 0.2) is 0 Å². The van der Waals surface area contributed by atoms with Gasteiger partial charge in [0, 0.05) is 13.1 Å². The van der Waals surface area contributed by atoms with E-state index in [0.29, 0.717) is 0 Å². The van der Waals surface area contributed by atoms with Crippen LogP contribution in [0.1, 0.15) is 13.8 Å². The van der Waals surface area contributed by atoms with Crippen LogP contribution < -0.4 is 15.8 Å². The number of nitrogens with two attached hydrogens (primary N) is 1. The molecule has 0 saturated heterocycles. The molecule has 0 rings (SSSR count). The number of amides is 3. The Morgan fingerprint density at radius 1 is 1.25 bits per heavy atom. The molecule has 0 radical (unpaired) electrons. The summed E-state index contributed by atoms with van der Waals surface area (Å²) in [5, 5.41) is 8.95. The summed E-state index contributed by atoms with van der Waals surface area (Å²) in [7, 11) is -4.46. The first-order valence-corrected chi connectivity index (χ1v) is 5.89. The fourth-order valence-corrected chi connectivity index (χ4v) is 1.14. The van der Waals surface area contributed by atoms with Gasteiger partial charge in [0.15, 0.2) is 0 Å². The maximum atomic E-state index is 11.2. The van der Waals surface area contributed by atoms with Crippen molar-refractivity contribution in [1.82, 2.24) is 15.1 Å². The zero-order valence-corrected chi connectivity index (χ0v) is 9.70. The van der Waals surface area contributed by atoms with Crippen molar-refractivity contribution in [3.63, 3.8) is 0 Å². The highest BCUT2D eigenvalue weighted by Gasteiger charge is 2.28. The second kappa shape index (κ2) is 6.12. The van der Waals surface area contributed by atoms with Crippen molar-refractivity contribution in [2.75, 3.05) is 13.1 Å². The Kier molecular flexibility index (Phi) is 5.53. The van der Waals surface area contributed by atoms with Gasteiger partial charge in [-0.25, -0.2) is 14.7 Å². The molecule has 0 aromatic heterocycles. The van der Waals surface area contributed by atoms with Gasteiger partial charge in [0.25, 0.3) is 0 Å². The Labute approximate surface area is 93.1 Å². The maximum Gasteiger partial charge on any atom is 0.432 e. The highest BCUT2D eigenvalue weighted by molar-refractivity contribution is 7.87. The first-order chi connectivity index (χ1) is 7.32. The molecule has 3 amide bonds. The molecule has 94 valence electrons. The summed E-state index contributed by atoms with van der Waals surface area (Å²) in [4.78, 5) is 26.3. The molecule has 0 aliphatic carbocycles. The smallest absolute Gasteiger partial charge is 0.335 e. The van der Waals surface area contributed by atoms with Gasteiger partial charge in [0.1, 0.15) is 0 Å². The molecule has 9 nitrogen and oxygen atoms in total. The van der Waals surface area contributed by atoms with Crippen LogP contribution in [0.3, 0.4) is 0 Å². The van der Waals surface area contributed by atoms with Gasteiger partial charge in [-0.05, 0) is 18.3 Å². The summed E-state index contributed by atoms with van der Waals surface area (Å²) in [6.07, 6.45) is -1.09. The summed E-state index contributed by atoms with van der Waals surface area (Å²) >= 11 is 0. The van der Waals surface area contributed by atoms with E-state index in [2.05, 4.69) is 20.6 Å². The van der Waals surface area contributed by atoms with Crippen LogP contribution in [0.5, 0.6) is 0 Å². The van der Waals surface area contributed by atoms with Crippen molar-refractivity contribution < 1.29 is 22.8 Å². The van der Waals surface area contributed by atoms with E-state index in [0.717, 1.165) is 0 Å². The van der Waals surface area contributed by atoms with Crippen molar-refractivity contribution in [3.8, 4) is 0 Å². The molecule has 0 aliphatic heterocycles. The third kappa shape index (κ3) is 4.79. The second-order valence-electron chi connectivity index (χ2n) is 2.52. The lowest BCUT2D eigenvalue weighted by molar-refractivity contribution is 0.0104. The van der Waals surface area contributed by atoms with Gasteiger partial charge in [-0.2, -0.15) is 8.42 Å². The third-order valence-electron chi connectivity index (χ3n) is 1.21. The summed E-state index contributed by atoms with van der Waals surface area (Å²) < 4.78 is 21.6. The fraction of sp³-hybridized carbons (Fsp3) is 0.667. The van der Waals surface area contributed by atoms with E-state index in [1.165, 1.54) is 0 Å². The zero-order valence-electron chi connectivity index (χ0n) is 8.89. The first-order valence-electron chi connectivity index (χ1n) is 4.39. The Bertz CT molecular complexity index is 354. The standard InChI is InChI=1S/C6H14N4O5S/c1-3-8-5(11)10(16(7,13)14)15-6(12)9-4-2/h3-4H2,1-2H3,(H,8,11)(H,9,12)(H2,7,13,14). The Morgan fingerprint density at radius 3 is 2.12 bits per heavy atom. The van der Waals surface area contributed by atoms with Crippen molar-refractivity contribution in [2.24, 2.45) is 5.14 Å². The Morgan fingerprint density at radius 2 is 1.75 bits per heavy atom. The van der Waals surface area contributed by atoms with Gasteiger partial charge in [-0.3, -0.25) is 0 Å². The van der Waals surface area contributed by atoms with Gasteiger partial charge in [-0.15, -0.1) is 0 Å². The van der Waals surface area contributed by atoms with Crippen LogP contribution in [0.4, 0.5) is 9.59 Å². The number of hydrogen-bond acceptors (Lipinski definition) is 5. The second-order valence-corrected chi connectivity index (χ2v) is 3.88. The predicted molar refractivity (Wildman–Crippen MR) is 54.2 cm³/mol.